The lowest BCUT2D eigenvalue weighted by atomic mass is 9.99. The minimum atomic E-state index is -0.314. The molecule has 7 nitrogen and oxygen atoms in total. The highest BCUT2D eigenvalue weighted by Gasteiger charge is 2.21. The molecule has 5 rings (SSSR count). The zero-order valence-electron chi connectivity index (χ0n) is 16.4. The Bertz CT molecular complexity index is 1390. The molecule has 3 aromatic heterocycles. The van der Waals surface area contributed by atoms with Gasteiger partial charge in [0.15, 0.2) is 0 Å². The Labute approximate surface area is 177 Å². The summed E-state index contributed by atoms with van der Waals surface area (Å²) in [7, 11) is 0. The number of carbonyl (C=O) groups is 1. The van der Waals surface area contributed by atoms with Crippen LogP contribution in [0.1, 0.15) is 30.4 Å². The van der Waals surface area contributed by atoms with Crippen LogP contribution in [-0.4, -0.2) is 30.9 Å². The molecule has 2 aromatic carbocycles. The van der Waals surface area contributed by atoms with Crippen molar-refractivity contribution in [1.29, 1.82) is 0 Å². The first-order valence-corrected chi connectivity index (χ1v) is 9.98. The number of carbonyl (C=O) groups excluding carboxylic acids is 1. The molecule has 5 aromatic rings. The van der Waals surface area contributed by atoms with Crippen molar-refractivity contribution in [3.8, 4) is 11.1 Å². The number of hydrogen-bond acceptors (Lipinski definition) is 3. The molecule has 0 spiro atoms. The van der Waals surface area contributed by atoms with Crippen LogP contribution in [-0.2, 0) is 0 Å². The third-order valence-electron chi connectivity index (χ3n) is 5.17. The van der Waals surface area contributed by atoms with Gasteiger partial charge in [-0.25, -0.2) is 0 Å². The van der Waals surface area contributed by atoms with E-state index in [-0.39, 0.29) is 11.9 Å². The van der Waals surface area contributed by atoms with E-state index in [1.807, 2.05) is 50.4 Å². The van der Waals surface area contributed by atoms with E-state index in [9.17, 15) is 4.79 Å². The molecule has 0 radical (unpaired) electrons. The third-order valence-corrected chi connectivity index (χ3v) is 5.44. The summed E-state index contributed by atoms with van der Waals surface area (Å²) in [6.45, 7) is 3.90. The number of amides is 1. The van der Waals surface area contributed by atoms with Gasteiger partial charge in [0.05, 0.1) is 28.6 Å². The molecule has 1 amide bonds. The number of benzene rings is 2. The molecule has 3 N–H and O–H groups in total. The highest BCUT2D eigenvalue weighted by molar-refractivity contribution is 6.34. The molecule has 0 unspecified atom stereocenters. The zero-order chi connectivity index (χ0) is 20.8. The molecule has 8 heteroatoms. The summed E-state index contributed by atoms with van der Waals surface area (Å²) in [5, 5.41) is 16.6. The van der Waals surface area contributed by atoms with Gasteiger partial charge in [-0.1, -0.05) is 23.7 Å². The van der Waals surface area contributed by atoms with Crippen molar-refractivity contribution in [3.05, 3.63) is 65.7 Å². The van der Waals surface area contributed by atoms with Crippen LogP contribution in [0.5, 0.6) is 0 Å². The van der Waals surface area contributed by atoms with Crippen molar-refractivity contribution in [1.82, 2.24) is 25.0 Å². The van der Waals surface area contributed by atoms with Gasteiger partial charge in [0.2, 0.25) is 0 Å². The second-order valence-corrected chi connectivity index (χ2v) is 7.84. The van der Waals surface area contributed by atoms with Gasteiger partial charge in [-0.3, -0.25) is 14.6 Å². The van der Waals surface area contributed by atoms with E-state index in [4.69, 9.17) is 11.6 Å². The van der Waals surface area contributed by atoms with Gasteiger partial charge in [-0.15, -0.1) is 0 Å². The summed E-state index contributed by atoms with van der Waals surface area (Å²) in [6.07, 6.45) is 5.11. The van der Waals surface area contributed by atoms with Crippen molar-refractivity contribution in [2.24, 2.45) is 0 Å². The number of nitrogens with one attached hydrogen (secondary N) is 3. The monoisotopic (exact) mass is 418 g/mol. The molecule has 30 heavy (non-hydrogen) atoms. The quantitative estimate of drug-likeness (QED) is 0.365. The third kappa shape index (κ3) is 2.95. The number of hydrogen-bond donors (Lipinski definition) is 3. The summed E-state index contributed by atoms with van der Waals surface area (Å²) in [5.74, 6) is -0.314. The van der Waals surface area contributed by atoms with E-state index in [2.05, 4.69) is 31.7 Å². The lowest BCUT2D eigenvalue weighted by molar-refractivity contribution is 0.101. The van der Waals surface area contributed by atoms with Crippen LogP contribution in [0, 0.1) is 0 Å². The Balaban J connectivity index is 1.62. The van der Waals surface area contributed by atoms with Crippen molar-refractivity contribution >= 4 is 45.0 Å². The first-order chi connectivity index (χ1) is 14.5. The topological polar surface area (TPSA) is 91.4 Å². The number of halogens is 1. The van der Waals surface area contributed by atoms with Gasteiger partial charge in [-0.2, -0.15) is 10.2 Å². The molecular weight excluding hydrogens is 400 g/mol. The van der Waals surface area contributed by atoms with Crippen LogP contribution < -0.4 is 5.32 Å². The van der Waals surface area contributed by atoms with E-state index in [1.54, 1.807) is 10.9 Å². The van der Waals surface area contributed by atoms with Crippen LogP contribution in [0.3, 0.4) is 0 Å². The zero-order valence-corrected chi connectivity index (χ0v) is 17.2. The van der Waals surface area contributed by atoms with Crippen LogP contribution in [0.25, 0.3) is 32.9 Å². The maximum atomic E-state index is 13.1. The number of nitrogens with zero attached hydrogens (tertiary/aromatic N) is 3. The molecule has 0 fully saturated rings. The minimum Gasteiger partial charge on any atom is -0.361 e. The molecular formula is C22H19ClN6O. The molecule has 0 bridgehead atoms. The lowest BCUT2D eigenvalue weighted by Crippen LogP contribution is -2.19. The second kappa shape index (κ2) is 7.03. The first-order valence-electron chi connectivity index (χ1n) is 9.61. The number of anilines is 1. The first kappa shape index (κ1) is 18.4. The second-order valence-electron chi connectivity index (χ2n) is 7.43. The van der Waals surface area contributed by atoms with Gasteiger partial charge in [0, 0.05) is 28.5 Å². The Hall–Kier alpha value is -3.58. The summed E-state index contributed by atoms with van der Waals surface area (Å²) in [4.78, 5) is 16.3. The number of H-pyrrole nitrogens is 2. The Kier molecular flexibility index (Phi) is 4.33. The molecule has 0 aliphatic carbocycles. The largest absolute Gasteiger partial charge is 0.361 e. The molecule has 0 saturated heterocycles. The van der Waals surface area contributed by atoms with Crippen LogP contribution in [0.2, 0.25) is 5.02 Å². The minimum absolute atomic E-state index is 0.00437. The Morgan fingerprint density at radius 3 is 2.83 bits per heavy atom. The smallest absolute Gasteiger partial charge is 0.275 e. The SMILES string of the molecule is CC(C)n1ncc(Cl)c1C(=O)Nc1cc(-c2cccc3[nH]ccc23)cc2[nH]ncc12. The summed E-state index contributed by atoms with van der Waals surface area (Å²) in [6, 6.07) is 12.1. The van der Waals surface area contributed by atoms with Crippen LogP contribution in [0.4, 0.5) is 5.69 Å². The standard InChI is InChI=1S/C22H19ClN6O/c1-12(2)29-21(17(23)11-26-29)22(30)27-19-8-13(9-20-16(19)10-25-28-20)14-4-3-5-18-15(14)6-7-24-18/h3-12,24H,1-2H3,(H,25,28)(H,27,30). The predicted molar refractivity (Wildman–Crippen MR) is 119 cm³/mol. The van der Waals surface area contributed by atoms with Gasteiger partial charge < -0.3 is 10.3 Å². The number of fused-ring (bicyclic) bond motifs is 2. The maximum Gasteiger partial charge on any atom is 0.275 e. The highest BCUT2D eigenvalue weighted by atomic mass is 35.5. The fraction of sp³-hybridized carbons (Fsp3) is 0.136. The van der Waals surface area contributed by atoms with E-state index < -0.39 is 0 Å². The van der Waals surface area contributed by atoms with E-state index in [1.165, 1.54) is 6.20 Å². The molecule has 0 aliphatic rings. The predicted octanol–water partition coefficient (Wildman–Crippen LogP) is 5.39. The molecule has 150 valence electrons. The fourth-order valence-electron chi connectivity index (χ4n) is 3.77. The fourth-order valence-corrected chi connectivity index (χ4v) is 3.99. The molecule has 3 heterocycles. The summed E-state index contributed by atoms with van der Waals surface area (Å²) < 4.78 is 1.62. The van der Waals surface area contributed by atoms with E-state index in [0.717, 1.165) is 32.9 Å². The molecule has 0 saturated carbocycles. The van der Waals surface area contributed by atoms with Crippen molar-refractivity contribution in [2.75, 3.05) is 5.32 Å². The average molecular weight is 419 g/mol. The summed E-state index contributed by atoms with van der Waals surface area (Å²) >= 11 is 6.26. The van der Waals surface area contributed by atoms with Gasteiger partial charge in [0.25, 0.3) is 5.91 Å². The number of rotatable bonds is 4. The normalized spacial score (nSPS) is 11.6. The number of aromatic nitrogens is 5. The van der Waals surface area contributed by atoms with Gasteiger partial charge in [-0.05, 0) is 49.2 Å². The van der Waals surface area contributed by atoms with Crippen molar-refractivity contribution in [2.45, 2.75) is 19.9 Å². The van der Waals surface area contributed by atoms with E-state index in [0.29, 0.717) is 16.4 Å². The lowest BCUT2D eigenvalue weighted by Gasteiger charge is -2.13. The molecule has 0 aliphatic heterocycles. The van der Waals surface area contributed by atoms with Crippen LogP contribution in [0.15, 0.2) is 55.0 Å². The Morgan fingerprint density at radius 1 is 1.13 bits per heavy atom. The van der Waals surface area contributed by atoms with Crippen molar-refractivity contribution < 1.29 is 4.79 Å². The van der Waals surface area contributed by atoms with Crippen LogP contribution >= 0.6 is 11.6 Å². The van der Waals surface area contributed by atoms with Gasteiger partial charge in [0.1, 0.15) is 5.69 Å². The van der Waals surface area contributed by atoms with Crippen molar-refractivity contribution in [3.63, 3.8) is 0 Å². The molecule has 0 atom stereocenters. The summed E-state index contributed by atoms with van der Waals surface area (Å²) in [5.41, 5.74) is 4.90. The van der Waals surface area contributed by atoms with E-state index >= 15 is 0 Å². The maximum absolute atomic E-state index is 13.1. The average Bonchev–Trinajstić information content (AvgIpc) is 3.46. The van der Waals surface area contributed by atoms with Gasteiger partial charge >= 0.3 is 0 Å². The number of aromatic amines is 2. The highest BCUT2D eigenvalue weighted by Crippen LogP contribution is 2.34. The Morgan fingerprint density at radius 2 is 2.00 bits per heavy atom.